The van der Waals surface area contributed by atoms with Gasteiger partial charge in [0.05, 0.1) is 22.6 Å². The quantitative estimate of drug-likeness (QED) is 0.138. The van der Waals surface area contributed by atoms with Crippen molar-refractivity contribution in [3.8, 4) is 0 Å². The van der Waals surface area contributed by atoms with E-state index in [0.29, 0.717) is 34.8 Å². The third-order valence-electron chi connectivity index (χ3n) is 7.30. The Morgan fingerprint density at radius 2 is 1.31 bits per heavy atom. The summed E-state index contributed by atoms with van der Waals surface area (Å²) in [4.78, 5) is 26.1. The Morgan fingerprint density at radius 3 is 2.00 bits per heavy atom. The normalized spacial score (nSPS) is 13.4. The zero-order valence-corrected chi connectivity index (χ0v) is 25.0. The lowest BCUT2D eigenvalue weighted by molar-refractivity contribution is -0.120. The first-order valence-corrected chi connectivity index (χ1v) is 15.8. The Morgan fingerprint density at radius 1 is 0.689 bits per heavy atom. The second kappa shape index (κ2) is 12.9. The smallest absolute Gasteiger partial charge is 0.261 e. The van der Waals surface area contributed by atoms with E-state index < -0.39 is 10.0 Å². The van der Waals surface area contributed by atoms with Crippen molar-refractivity contribution < 1.29 is 18.0 Å². The molecule has 0 radical (unpaired) electrons. The Labute approximate surface area is 261 Å². The number of benzene rings is 5. The minimum absolute atomic E-state index is 0.0791. The fourth-order valence-corrected chi connectivity index (χ4v) is 6.14. The summed E-state index contributed by atoms with van der Waals surface area (Å²) in [5, 5.41) is 9.26. The Kier molecular flexibility index (Phi) is 8.43. The fraction of sp³-hybridized carbons (Fsp3) is 0.0556. The highest BCUT2D eigenvalue weighted by atomic mass is 32.2. The molecule has 1 aliphatic rings. The van der Waals surface area contributed by atoms with Gasteiger partial charge in [0, 0.05) is 29.2 Å². The molecule has 5 aromatic rings. The van der Waals surface area contributed by atoms with E-state index in [1.54, 1.807) is 36.4 Å². The summed E-state index contributed by atoms with van der Waals surface area (Å²) in [5.74, 6) is -0.393. The largest absolute Gasteiger partial charge is 0.354 e. The standard InChI is InChI=1S/C36H30N4O4S/c41-33(37-24-26-10-4-1-5-11-26)22-25-16-18-28(19-17-25)38-35(27-12-6-2-7-13-27)34-31-23-29(20-21-32(31)39-36(34)42)40-45(43,44)30-14-8-3-9-15-30/h1-21,23,38,40H,22,24H2,(H,37,41)(H,39,42). The van der Waals surface area contributed by atoms with Crippen LogP contribution in [0.15, 0.2) is 138 Å². The van der Waals surface area contributed by atoms with Crippen LogP contribution in [0.2, 0.25) is 0 Å². The van der Waals surface area contributed by atoms with Crippen LogP contribution in [0.1, 0.15) is 22.3 Å². The number of hydrogen-bond donors (Lipinski definition) is 4. The summed E-state index contributed by atoms with van der Waals surface area (Å²) in [6.45, 7) is 0.465. The lowest BCUT2D eigenvalue weighted by Gasteiger charge is -2.16. The van der Waals surface area contributed by atoms with Gasteiger partial charge in [0.2, 0.25) is 5.91 Å². The van der Waals surface area contributed by atoms with Gasteiger partial charge in [-0.3, -0.25) is 14.3 Å². The van der Waals surface area contributed by atoms with E-state index in [1.165, 1.54) is 12.1 Å². The van der Waals surface area contributed by atoms with Crippen LogP contribution in [0, 0.1) is 0 Å². The molecule has 2 amide bonds. The molecule has 224 valence electrons. The minimum atomic E-state index is -3.83. The number of fused-ring (bicyclic) bond motifs is 1. The summed E-state index contributed by atoms with van der Waals surface area (Å²) < 4.78 is 28.6. The third kappa shape index (κ3) is 6.95. The van der Waals surface area contributed by atoms with Crippen LogP contribution in [-0.4, -0.2) is 20.2 Å². The number of rotatable bonds is 10. The molecule has 0 bridgehead atoms. The molecule has 8 nitrogen and oxygen atoms in total. The SMILES string of the molecule is O=C(Cc1ccc(NC(=C2C(=O)Nc3ccc(NS(=O)(=O)c4ccccc4)cc32)c2ccccc2)cc1)NCc1ccccc1. The van der Waals surface area contributed by atoms with Crippen LogP contribution in [0.4, 0.5) is 17.1 Å². The van der Waals surface area contributed by atoms with Crippen molar-refractivity contribution in [3.05, 3.63) is 156 Å². The Bertz CT molecular complexity index is 1980. The van der Waals surface area contributed by atoms with Crippen LogP contribution in [0.25, 0.3) is 11.3 Å². The molecular formula is C36H30N4O4S. The number of sulfonamides is 1. The van der Waals surface area contributed by atoms with Gasteiger partial charge < -0.3 is 16.0 Å². The molecule has 0 fully saturated rings. The van der Waals surface area contributed by atoms with Crippen molar-refractivity contribution in [1.29, 1.82) is 0 Å². The third-order valence-corrected chi connectivity index (χ3v) is 8.70. The molecule has 0 unspecified atom stereocenters. The number of nitrogens with one attached hydrogen (secondary N) is 4. The molecular weight excluding hydrogens is 584 g/mol. The molecule has 9 heteroatoms. The maximum atomic E-state index is 13.4. The average Bonchev–Trinajstić information content (AvgIpc) is 3.39. The van der Waals surface area contributed by atoms with Gasteiger partial charge in [-0.25, -0.2) is 8.42 Å². The number of carbonyl (C=O) groups excluding carboxylic acids is 2. The molecule has 5 aromatic carbocycles. The number of carbonyl (C=O) groups is 2. The van der Waals surface area contributed by atoms with E-state index in [9.17, 15) is 18.0 Å². The second-order valence-corrected chi connectivity index (χ2v) is 12.2. The molecule has 0 atom stereocenters. The predicted octanol–water partition coefficient (Wildman–Crippen LogP) is 6.28. The van der Waals surface area contributed by atoms with Gasteiger partial charge in [-0.2, -0.15) is 0 Å². The molecule has 0 aliphatic carbocycles. The van der Waals surface area contributed by atoms with Crippen molar-refractivity contribution in [2.24, 2.45) is 0 Å². The summed E-state index contributed by atoms with van der Waals surface area (Å²) in [7, 11) is -3.83. The molecule has 1 aliphatic heterocycles. The summed E-state index contributed by atoms with van der Waals surface area (Å²) in [5.41, 5.74) is 5.77. The molecule has 6 rings (SSSR count). The van der Waals surface area contributed by atoms with E-state index in [-0.39, 0.29) is 23.1 Å². The summed E-state index contributed by atoms with van der Waals surface area (Å²) in [6, 6.07) is 39.7. The van der Waals surface area contributed by atoms with Gasteiger partial charge in [-0.05, 0) is 59.2 Å². The molecule has 0 saturated heterocycles. The van der Waals surface area contributed by atoms with Crippen molar-refractivity contribution >= 4 is 50.2 Å². The van der Waals surface area contributed by atoms with Gasteiger partial charge in [-0.15, -0.1) is 0 Å². The first-order chi connectivity index (χ1) is 21.9. The van der Waals surface area contributed by atoms with Crippen LogP contribution >= 0.6 is 0 Å². The van der Waals surface area contributed by atoms with Crippen LogP contribution < -0.4 is 20.7 Å². The summed E-state index contributed by atoms with van der Waals surface area (Å²) >= 11 is 0. The lowest BCUT2D eigenvalue weighted by atomic mass is 9.99. The van der Waals surface area contributed by atoms with Crippen molar-refractivity contribution in [3.63, 3.8) is 0 Å². The van der Waals surface area contributed by atoms with E-state index in [0.717, 1.165) is 22.4 Å². The molecule has 1 heterocycles. The van der Waals surface area contributed by atoms with Crippen LogP contribution in [0.3, 0.4) is 0 Å². The molecule has 0 saturated carbocycles. The van der Waals surface area contributed by atoms with Gasteiger partial charge in [0.15, 0.2) is 0 Å². The maximum Gasteiger partial charge on any atom is 0.261 e. The number of anilines is 3. The zero-order chi connectivity index (χ0) is 31.2. The van der Waals surface area contributed by atoms with Crippen LogP contribution in [-0.2, 0) is 32.6 Å². The van der Waals surface area contributed by atoms with Crippen molar-refractivity contribution in [1.82, 2.24) is 5.32 Å². The summed E-state index contributed by atoms with van der Waals surface area (Å²) in [6.07, 6.45) is 0.233. The van der Waals surface area contributed by atoms with Crippen molar-refractivity contribution in [2.75, 3.05) is 15.4 Å². The molecule has 0 spiro atoms. The van der Waals surface area contributed by atoms with Crippen molar-refractivity contribution in [2.45, 2.75) is 17.9 Å². The Balaban J connectivity index is 1.26. The predicted molar refractivity (Wildman–Crippen MR) is 178 cm³/mol. The zero-order valence-electron chi connectivity index (χ0n) is 24.2. The van der Waals surface area contributed by atoms with E-state index >= 15 is 0 Å². The number of hydrogen-bond acceptors (Lipinski definition) is 5. The van der Waals surface area contributed by atoms with Gasteiger partial charge >= 0.3 is 0 Å². The number of amides is 2. The average molecular weight is 615 g/mol. The highest BCUT2D eigenvalue weighted by molar-refractivity contribution is 7.92. The van der Waals surface area contributed by atoms with E-state index in [2.05, 4.69) is 20.7 Å². The molecule has 4 N–H and O–H groups in total. The first kappa shape index (κ1) is 29.4. The highest BCUT2D eigenvalue weighted by Gasteiger charge is 2.29. The Hall–Kier alpha value is -5.67. The second-order valence-electron chi connectivity index (χ2n) is 10.5. The monoisotopic (exact) mass is 614 g/mol. The highest BCUT2D eigenvalue weighted by Crippen LogP contribution is 2.39. The molecule has 0 aromatic heterocycles. The van der Waals surface area contributed by atoms with Crippen LogP contribution in [0.5, 0.6) is 0 Å². The maximum absolute atomic E-state index is 13.4. The van der Waals surface area contributed by atoms with E-state index in [4.69, 9.17) is 0 Å². The first-order valence-electron chi connectivity index (χ1n) is 14.4. The lowest BCUT2D eigenvalue weighted by Crippen LogP contribution is -2.24. The molecule has 45 heavy (non-hydrogen) atoms. The van der Waals surface area contributed by atoms with E-state index in [1.807, 2.05) is 84.9 Å². The van der Waals surface area contributed by atoms with Gasteiger partial charge in [0.25, 0.3) is 15.9 Å². The fourth-order valence-electron chi connectivity index (χ4n) is 5.07. The topological polar surface area (TPSA) is 116 Å². The van der Waals surface area contributed by atoms with Gasteiger partial charge in [0.1, 0.15) is 0 Å². The van der Waals surface area contributed by atoms with Gasteiger partial charge in [-0.1, -0.05) is 91.0 Å². The minimum Gasteiger partial charge on any atom is -0.354 e.